The lowest BCUT2D eigenvalue weighted by molar-refractivity contribution is -0.383. The molecule has 0 fully saturated rings. The Morgan fingerprint density at radius 3 is 2.58 bits per heavy atom. The van der Waals surface area contributed by atoms with Gasteiger partial charge in [0.2, 0.25) is 14.2 Å². The van der Waals surface area contributed by atoms with E-state index in [0.29, 0.717) is 17.0 Å². The average molecular weight is 410 g/mol. The second kappa shape index (κ2) is 6.94. The molecule has 0 saturated carbocycles. The van der Waals surface area contributed by atoms with Gasteiger partial charge in [0.15, 0.2) is 4.90 Å². The van der Waals surface area contributed by atoms with Gasteiger partial charge in [-0.25, -0.2) is 18.2 Å². The molecule has 0 atom stereocenters. The topological polar surface area (TPSA) is 116 Å². The van der Waals surface area contributed by atoms with Crippen LogP contribution in [-0.4, -0.2) is 31.4 Å². The van der Waals surface area contributed by atoms with Crippen molar-refractivity contribution >= 4 is 43.5 Å². The van der Waals surface area contributed by atoms with Crippen LogP contribution in [0.1, 0.15) is 9.67 Å². The van der Waals surface area contributed by atoms with Crippen molar-refractivity contribution < 1.29 is 22.9 Å². The van der Waals surface area contributed by atoms with Gasteiger partial charge in [-0.05, 0) is 6.07 Å². The molecule has 0 aliphatic carbocycles. The third-order valence-corrected chi connectivity index (χ3v) is 7.52. The van der Waals surface area contributed by atoms with Crippen LogP contribution in [0.25, 0.3) is 11.3 Å². The molecule has 134 valence electrons. The van der Waals surface area contributed by atoms with E-state index in [9.17, 15) is 23.3 Å². The van der Waals surface area contributed by atoms with E-state index in [1.165, 1.54) is 0 Å². The summed E-state index contributed by atoms with van der Waals surface area (Å²) in [5.41, 5.74) is 1.17. The number of aromatic nitrogens is 1. The molecule has 0 aliphatic heterocycles. The third kappa shape index (κ3) is 3.23. The van der Waals surface area contributed by atoms with E-state index in [1.54, 1.807) is 29.6 Å². The monoisotopic (exact) mass is 410 g/mol. The predicted molar refractivity (Wildman–Crippen MR) is 95.3 cm³/mol. The maximum Gasteiger partial charge on any atom is 0.348 e. The van der Waals surface area contributed by atoms with E-state index >= 15 is 0 Å². The number of hydrogen-bond donors (Lipinski definition) is 0. The van der Waals surface area contributed by atoms with Crippen LogP contribution in [0, 0.1) is 10.1 Å². The minimum Gasteiger partial charge on any atom is -0.465 e. The number of carbonyl (C=O) groups is 1. The SMILES string of the molecule is COC(=O)c1cc(S(=O)(=O)c2nc(-c3ccccc3)cs2)c([N+](=O)[O-])s1. The summed E-state index contributed by atoms with van der Waals surface area (Å²) in [6, 6.07) is 9.89. The number of thiazole rings is 1. The number of methoxy groups -OCH3 is 1. The minimum atomic E-state index is -4.25. The zero-order valence-electron chi connectivity index (χ0n) is 13.1. The first-order chi connectivity index (χ1) is 12.3. The lowest BCUT2D eigenvalue weighted by Gasteiger charge is -1.98. The summed E-state index contributed by atoms with van der Waals surface area (Å²) in [4.78, 5) is 25.4. The molecule has 2 heterocycles. The summed E-state index contributed by atoms with van der Waals surface area (Å²) in [7, 11) is -3.15. The van der Waals surface area contributed by atoms with Gasteiger partial charge < -0.3 is 4.74 Å². The van der Waals surface area contributed by atoms with Gasteiger partial charge in [0.1, 0.15) is 4.88 Å². The molecule has 0 saturated heterocycles. The highest BCUT2D eigenvalue weighted by molar-refractivity contribution is 7.93. The normalized spacial score (nSPS) is 11.3. The quantitative estimate of drug-likeness (QED) is 0.359. The maximum absolute atomic E-state index is 12.8. The van der Waals surface area contributed by atoms with Gasteiger partial charge in [-0.15, -0.1) is 11.3 Å². The highest BCUT2D eigenvalue weighted by Crippen LogP contribution is 2.38. The summed E-state index contributed by atoms with van der Waals surface area (Å²) >= 11 is 1.31. The smallest absolute Gasteiger partial charge is 0.348 e. The van der Waals surface area contributed by atoms with Gasteiger partial charge in [-0.3, -0.25) is 10.1 Å². The molecule has 0 radical (unpaired) electrons. The zero-order valence-corrected chi connectivity index (χ0v) is 15.6. The van der Waals surface area contributed by atoms with E-state index in [0.717, 1.165) is 30.1 Å². The van der Waals surface area contributed by atoms with Crippen LogP contribution >= 0.6 is 22.7 Å². The Morgan fingerprint density at radius 2 is 1.96 bits per heavy atom. The largest absolute Gasteiger partial charge is 0.465 e. The van der Waals surface area contributed by atoms with Crippen molar-refractivity contribution in [3.05, 3.63) is 56.8 Å². The fourth-order valence-electron chi connectivity index (χ4n) is 2.10. The van der Waals surface area contributed by atoms with Gasteiger partial charge in [-0.1, -0.05) is 41.7 Å². The molecule has 0 aliphatic rings. The molecule has 11 heteroatoms. The van der Waals surface area contributed by atoms with Crippen molar-refractivity contribution in [3.8, 4) is 11.3 Å². The standard InChI is InChI=1S/C15H10N2O6S3/c1-23-14(18)11-7-12(13(25-11)17(19)20)26(21,22)15-16-10(8-24-15)9-5-3-2-4-6-9/h2-8H,1H3. The first kappa shape index (κ1) is 18.2. The highest BCUT2D eigenvalue weighted by Gasteiger charge is 2.34. The zero-order chi connectivity index (χ0) is 18.9. The molecule has 0 amide bonds. The van der Waals surface area contributed by atoms with Gasteiger partial charge in [-0.2, -0.15) is 0 Å². The summed E-state index contributed by atoms with van der Waals surface area (Å²) in [5, 5.41) is 12.1. The molecule has 0 spiro atoms. The number of sulfone groups is 1. The van der Waals surface area contributed by atoms with Crippen molar-refractivity contribution in [2.45, 2.75) is 9.24 Å². The van der Waals surface area contributed by atoms with Crippen molar-refractivity contribution in [1.29, 1.82) is 0 Å². The maximum atomic E-state index is 12.8. The second-order valence-corrected chi connectivity index (χ2v) is 8.88. The van der Waals surface area contributed by atoms with Crippen LogP contribution in [0.5, 0.6) is 0 Å². The Balaban J connectivity index is 2.09. The third-order valence-electron chi connectivity index (χ3n) is 3.30. The minimum absolute atomic E-state index is 0.169. The number of carbonyl (C=O) groups excluding carboxylic acids is 1. The lowest BCUT2D eigenvalue weighted by atomic mass is 10.2. The highest BCUT2D eigenvalue weighted by atomic mass is 32.2. The van der Waals surface area contributed by atoms with E-state index in [4.69, 9.17) is 0 Å². The summed E-state index contributed by atoms with van der Waals surface area (Å²) < 4.78 is 29.9. The number of nitro groups is 1. The Bertz CT molecular complexity index is 1090. The summed E-state index contributed by atoms with van der Waals surface area (Å²) in [6.45, 7) is 0. The van der Waals surface area contributed by atoms with Crippen LogP contribution in [0.4, 0.5) is 5.00 Å². The van der Waals surface area contributed by atoms with E-state index in [2.05, 4.69) is 9.72 Å². The Hall–Kier alpha value is -2.63. The van der Waals surface area contributed by atoms with Gasteiger partial charge in [0, 0.05) is 10.9 Å². The summed E-state index contributed by atoms with van der Waals surface area (Å²) in [6.07, 6.45) is 0. The molecule has 8 nitrogen and oxygen atoms in total. The fourth-order valence-corrected chi connectivity index (χ4v) is 5.87. The molecule has 1 aromatic carbocycles. The number of esters is 1. The van der Waals surface area contributed by atoms with Gasteiger partial charge in [0.05, 0.1) is 17.7 Å². The van der Waals surface area contributed by atoms with Crippen LogP contribution < -0.4 is 0 Å². The second-order valence-electron chi connectivity index (χ2n) is 4.90. The number of thiophene rings is 1. The molecule has 3 aromatic rings. The Labute approximate surface area is 155 Å². The van der Waals surface area contributed by atoms with Crippen LogP contribution in [0.2, 0.25) is 0 Å². The lowest BCUT2D eigenvalue weighted by Crippen LogP contribution is -2.03. The number of rotatable bonds is 5. The van der Waals surface area contributed by atoms with Crippen molar-refractivity contribution in [1.82, 2.24) is 4.98 Å². The number of hydrogen-bond acceptors (Lipinski definition) is 9. The summed E-state index contributed by atoms with van der Waals surface area (Å²) in [5.74, 6) is -0.844. The molecule has 0 unspecified atom stereocenters. The van der Waals surface area contributed by atoms with E-state index in [1.807, 2.05) is 6.07 Å². The average Bonchev–Trinajstić information content (AvgIpc) is 3.30. The van der Waals surface area contributed by atoms with Crippen LogP contribution in [0.15, 0.2) is 51.0 Å². The van der Waals surface area contributed by atoms with Gasteiger partial charge in [0.25, 0.3) is 0 Å². The van der Waals surface area contributed by atoms with Crippen molar-refractivity contribution in [3.63, 3.8) is 0 Å². The molecule has 0 bridgehead atoms. The Morgan fingerprint density at radius 1 is 1.27 bits per heavy atom. The molecular formula is C15H10N2O6S3. The molecular weight excluding hydrogens is 400 g/mol. The molecule has 0 N–H and O–H groups in total. The first-order valence-corrected chi connectivity index (χ1v) is 10.1. The Kier molecular flexibility index (Phi) is 4.85. The number of ether oxygens (including phenoxy) is 1. The molecule has 2 aromatic heterocycles. The first-order valence-electron chi connectivity index (χ1n) is 6.97. The molecule has 26 heavy (non-hydrogen) atoms. The van der Waals surface area contributed by atoms with Gasteiger partial charge >= 0.3 is 11.0 Å². The predicted octanol–water partition coefficient (Wildman–Crippen LogP) is 3.40. The molecule has 3 rings (SSSR count). The van der Waals surface area contributed by atoms with Crippen LogP contribution in [0.3, 0.4) is 0 Å². The van der Waals surface area contributed by atoms with Crippen molar-refractivity contribution in [2.75, 3.05) is 7.11 Å². The number of benzene rings is 1. The van der Waals surface area contributed by atoms with Crippen LogP contribution in [-0.2, 0) is 14.6 Å². The van der Waals surface area contributed by atoms with Crippen molar-refractivity contribution in [2.24, 2.45) is 0 Å². The fraction of sp³-hybridized carbons (Fsp3) is 0.0667. The van der Waals surface area contributed by atoms with E-state index in [-0.39, 0.29) is 9.22 Å². The van der Waals surface area contributed by atoms with E-state index < -0.39 is 30.6 Å². The number of nitrogens with zero attached hydrogens (tertiary/aromatic N) is 2.